The minimum absolute atomic E-state index is 0.0217. The molecule has 0 spiro atoms. The average molecular weight is 962 g/mol. The van der Waals surface area contributed by atoms with E-state index in [4.69, 9.17) is 32.7 Å². The largest absolute Gasteiger partial charge is 0.489 e. The third kappa shape index (κ3) is 12.0. The lowest BCUT2D eigenvalue weighted by atomic mass is 9.49. The van der Waals surface area contributed by atoms with Crippen molar-refractivity contribution < 1.29 is 33.8 Å². The van der Waals surface area contributed by atoms with Crippen LogP contribution in [0, 0.1) is 33.5 Å². The number of aliphatic hydroxyl groups excluding tert-OH is 1. The number of nitriles is 1. The van der Waals surface area contributed by atoms with Crippen molar-refractivity contribution in [3.05, 3.63) is 87.5 Å². The molecule has 4 N–H and O–H groups in total. The number of nitrogens with one attached hydrogen (secondary N) is 3. The number of ether oxygens (including phenoxy) is 2. The smallest absolute Gasteiger partial charge is 0.253 e. The number of likely N-dealkylation sites (tertiary alicyclic amines) is 1. The van der Waals surface area contributed by atoms with Crippen molar-refractivity contribution in [2.75, 3.05) is 50.8 Å². The van der Waals surface area contributed by atoms with Crippen LogP contribution in [0.4, 0.5) is 5.82 Å². The van der Waals surface area contributed by atoms with E-state index in [9.17, 15) is 29.5 Å². The van der Waals surface area contributed by atoms with Crippen LogP contribution >= 0.6 is 23.2 Å². The number of β-amino-alcohol motifs (C(OH)–C–C–N with tert-alkyl or cyclic N) is 1. The molecule has 2 aromatic carbocycles. The number of anilines is 1. The highest BCUT2D eigenvalue weighted by Gasteiger charge is 2.64. The Kier molecular flexibility index (Phi) is 16.2. The van der Waals surface area contributed by atoms with Gasteiger partial charge in [0.15, 0.2) is 0 Å². The molecule has 15 nitrogen and oxygen atoms in total. The highest BCUT2D eigenvalue weighted by molar-refractivity contribution is 6.31. The Morgan fingerprint density at radius 2 is 1.64 bits per heavy atom. The van der Waals surface area contributed by atoms with Crippen LogP contribution in [-0.2, 0) is 25.7 Å². The first-order valence-electron chi connectivity index (χ1n) is 23.0. The van der Waals surface area contributed by atoms with Crippen molar-refractivity contribution in [3.8, 4) is 11.8 Å². The molecule has 362 valence electrons. The van der Waals surface area contributed by atoms with Crippen LogP contribution in [0.1, 0.15) is 90.2 Å². The summed E-state index contributed by atoms with van der Waals surface area (Å²) >= 11 is 12.3. The topological polar surface area (TPSA) is 189 Å². The van der Waals surface area contributed by atoms with Crippen molar-refractivity contribution >= 4 is 52.6 Å². The molecule has 2 aliphatic heterocycles. The maximum Gasteiger partial charge on any atom is 0.253 e. The molecule has 67 heavy (non-hydrogen) atoms. The van der Waals surface area contributed by atoms with Gasteiger partial charge in [-0.05, 0) is 53.3 Å². The minimum atomic E-state index is -0.982. The van der Waals surface area contributed by atoms with Crippen LogP contribution in [0.25, 0.3) is 0 Å². The van der Waals surface area contributed by atoms with Gasteiger partial charge in [-0.3, -0.25) is 24.1 Å². The molecule has 3 heterocycles. The van der Waals surface area contributed by atoms with Crippen LogP contribution < -0.4 is 25.6 Å². The van der Waals surface area contributed by atoms with Crippen molar-refractivity contribution in [1.82, 2.24) is 30.7 Å². The lowest BCUT2D eigenvalue weighted by Gasteiger charge is -2.63. The van der Waals surface area contributed by atoms with E-state index in [1.165, 1.54) is 4.90 Å². The Bertz CT molecular complexity index is 2270. The van der Waals surface area contributed by atoms with Crippen molar-refractivity contribution in [2.45, 2.75) is 112 Å². The fraction of sp³-hybridized carbons (Fsp3) is 0.560. The summed E-state index contributed by atoms with van der Waals surface area (Å²) in [6.07, 6.45) is -0.228. The normalized spacial score (nSPS) is 22.3. The summed E-state index contributed by atoms with van der Waals surface area (Å²) in [4.78, 5) is 65.4. The highest BCUT2D eigenvalue weighted by Crippen LogP contribution is 2.55. The first kappa shape index (κ1) is 51.4. The summed E-state index contributed by atoms with van der Waals surface area (Å²) < 4.78 is 12.6. The van der Waals surface area contributed by atoms with Gasteiger partial charge < -0.3 is 40.3 Å². The second kappa shape index (κ2) is 21.1. The number of amides is 4. The Labute approximate surface area is 404 Å². The maximum absolute atomic E-state index is 14.2. The van der Waals surface area contributed by atoms with Crippen LogP contribution in [0.2, 0.25) is 10.0 Å². The number of aromatic nitrogens is 1. The molecule has 1 aliphatic carbocycles. The first-order chi connectivity index (χ1) is 31.5. The van der Waals surface area contributed by atoms with Crippen molar-refractivity contribution in [3.63, 3.8) is 0 Å². The molecule has 1 saturated carbocycles. The molecule has 1 aromatic heterocycles. The number of aliphatic hydroxyl groups is 1. The van der Waals surface area contributed by atoms with Gasteiger partial charge in [-0.15, -0.1) is 0 Å². The summed E-state index contributed by atoms with van der Waals surface area (Å²) in [6, 6.07) is 15.8. The first-order valence-corrected chi connectivity index (χ1v) is 23.8. The quantitative estimate of drug-likeness (QED) is 0.135. The molecule has 6 rings (SSSR count). The Hall–Kier alpha value is -4.98. The molecule has 3 aromatic rings. The number of hydrogen-bond acceptors (Lipinski definition) is 11. The minimum Gasteiger partial charge on any atom is -0.489 e. The zero-order chi connectivity index (χ0) is 49.0. The van der Waals surface area contributed by atoms with Gasteiger partial charge in [0.1, 0.15) is 41.9 Å². The van der Waals surface area contributed by atoms with E-state index in [0.29, 0.717) is 53.2 Å². The summed E-state index contributed by atoms with van der Waals surface area (Å²) in [5.41, 5.74) is 0.163. The molecular formula is C50H66Cl2N8O7. The number of halogens is 2. The number of piperazine rings is 1. The van der Waals surface area contributed by atoms with Gasteiger partial charge in [0.25, 0.3) is 5.91 Å². The van der Waals surface area contributed by atoms with E-state index in [-0.39, 0.29) is 49.4 Å². The number of nitrogens with zero attached hydrogens (tertiary/aromatic N) is 5. The average Bonchev–Trinajstić information content (AvgIpc) is 3.68. The van der Waals surface area contributed by atoms with E-state index >= 15 is 0 Å². The molecule has 4 atom stereocenters. The van der Waals surface area contributed by atoms with Crippen LogP contribution in [-0.4, -0.2) is 126 Å². The van der Waals surface area contributed by atoms with Crippen LogP contribution in [0.3, 0.4) is 0 Å². The Balaban J connectivity index is 0.964. The highest BCUT2D eigenvalue weighted by atomic mass is 35.5. The number of pyridine rings is 1. The third-order valence-electron chi connectivity index (χ3n) is 13.3. The molecule has 4 amide bonds. The van der Waals surface area contributed by atoms with Gasteiger partial charge >= 0.3 is 0 Å². The van der Waals surface area contributed by atoms with E-state index in [2.05, 4.69) is 64.5 Å². The molecule has 17 heteroatoms. The second-order valence-electron chi connectivity index (χ2n) is 20.6. The zero-order valence-corrected chi connectivity index (χ0v) is 41.6. The van der Waals surface area contributed by atoms with Crippen molar-refractivity contribution in [2.24, 2.45) is 22.2 Å². The maximum atomic E-state index is 14.2. The molecule has 3 fully saturated rings. The lowest BCUT2D eigenvalue weighted by molar-refractivity contribution is -0.164. The predicted octanol–water partition coefficient (Wildman–Crippen LogP) is 5.84. The number of hydrogen-bond donors (Lipinski definition) is 4. The Morgan fingerprint density at radius 1 is 0.970 bits per heavy atom. The molecule has 2 saturated heterocycles. The van der Waals surface area contributed by atoms with Gasteiger partial charge in [-0.1, -0.05) is 97.6 Å². The zero-order valence-electron chi connectivity index (χ0n) is 40.1. The van der Waals surface area contributed by atoms with E-state index in [1.807, 2.05) is 40.7 Å². The van der Waals surface area contributed by atoms with Crippen LogP contribution in [0.15, 0.2) is 60.8 Å². The van der Waals surface area contributed by atoms with Gasteiger partial charge in [-0.25, -0.2) is 4.98 Å². The number of rotatable bonds is 16. The number of carbonyl (C=O) groups excluding carboxylic acids is 4. The van der Waals surface area contributed by atoms with Gasteiger partial charge in [0.2, 0.25) is 17.7 Å². The van der Waals surface area contributed by atoms with Crippen molar-refractivity contribution in [1.29, 1.82) is 5.26 Å². The number of carbonyl (C=O) groups is 4. The SMILES string of the molecule is CC(C)[C@H](OCCN1CCN(c2ccc(C(=O)N[C@H]3C(C)(C)[C@H](Oc4ccc(C#N)c(Cl)c4)C3(C)C)cn2)CC1)C(=O)N[C@H](C(=O)N1C[C@H](O)C[C@H]1C(=O)NCc1ccc(Cl)cc1)C(C)(C)C. The molecule has 0 bridgehead atoms. The summed E-state index contributed by atoms with van der Waals surface area (Å²) in [7, 11) is 0. The summed E-state index contributed by atoms with van der Waals surface area (Å²) in [5.74, 6) is -0.293. The van der Waals surface area contributed by atoms with E-state index in [1.54, 1.807) is 54.7 Å². The fourth-order valence-corrected chi connectivity index (χ4v) is 10.2. The van der Waals surface area contributed by atoms with Gasteiger partial charge in [0.05, 0.1) is 28.9 Å². The number of benzene rings is 2. The molecule has 0 radical (unpaired) electrons. The van der Waals surface area contributed by atoms with Gasteiger partial charge in [0, 0.05) is 86.4 Å². The fourth-order valence-electron chi connectivity index (χ4n) is 9.85. The monoisotopic (exact) mass is 960 g/mol. The summed E-state index contributed by atoms with van der Waals surface area (Å²) in [6.45, 7) is 21.6. The third-order valence-corrected chi connectivity index (χ3v) is 13.9. The predicted molar refractivity (Wildman–Crippen MR) is 258 cm³/mol. The summed E-state index contributed by atoms with van der Waals surface area (Å²) in [5, 5.41) is 29.8. The molecular weight excluding hydrogens is 896 g/mol. The second-order valence-corrected chi connectivity index (χ2v) is 21.5. The van der Waals surface area contributed by atoms with E-state index in [0.717, 1.165) is 24.5 Å². The van der Waals surface area contributed by atoms with Gasteiger partial charge in [-0.2, -0.15) is 5.26 Å². The standard InChI is InChI=1S/C50H66Cl2N8O7/c1-30(2)40(44(64)56-41(48(3,4)5)45(65)60-29-35(61)24-38(60)43(63)55-27-31-10-14-34(51)15-11-31)66-23-22-58-18-20-59(21-19-58)39-17-13-33(28-54-39)42(62)57-46-49(6,7)47(50(46,8)9)67-36-16-12-32(26-53)37(52)25-36/h10-17,25,28,30,35,38,40-41,46-47,61H,18-24,27,29H2,1-9H3,(H,55,63)(H,56,64)(H,57,62)/t35-,38+,40+,41-,46-,47-/m1/s1. The lowest BCUT2D eigenvalue weighted by Crippen LogP contribution is -2.74. The van der Waals surface area contributed by atoms with E-state index < -0.39 is 52.4 Å². The molecule has 3 aliphatic rings. The van der Waals surface area contributed by atoms with Crippen LogP contribution in [0.5, 0.6) is 5.75 Å². The Morgan fingerprint density at radius 3 is 2.22 bits per heavy atom. The molecule has 0 unspecified atom stereocenters.